The summed E-state index contributed by atoms with van der Waals surface area (Å²) >= 11 is 0. The van der Waals surface area contributed by atoms with Gasteiger partial charge in [0.1, 0.15) is 0 Å². The van der Waals surface area contributed by atoms with Crippen LogP contribution < -0.4 is 5.32 Å². The van der Waals surface area contributed by atoms with Gasteiger partial charge in [-0.2, -0.15) is 0 Å². The van der Waals surface area contributed by atoms with Crippen LogP contribution in [0, 0.1) is 5.92 Å². The lowest BCUT2D eigenvalue weighted by molar-refractivity contribution is 0.276. The van der Waals surface area contributed by atoms with Crippen molar-refractivity contribution in [1.29, 1.82) is 0 Å². The van der Waals surface area contributed by atoms with Crippen molar-refractivity contribution >= 4 is 15.5 Å². The average Bonchev–Trinajstić information content (AvgIpc) is 3.12. The SMILES string of the molecule is CN(C)C(CNc1ccccc1S(C)(=O)=O)C1CC1. The number of para-hydroxylation sites is 1. The molecule has 0 aliphatic heterocycles. The highest BCUT2D eigenvalue weighted by Gasteiger charge is 2.32. The molecule has 1 fully saturated rings. The lowest BCUT2D eigenvalue weighted by Gasteiger charge is -2.25. The first kappa shape index (κ1) is 14.3. The molecule has 0 spiro atoms. The third kappa shape index (κ3) is 3.70. The fourth-order valence-electron chi connectivity index (χ4n) is 2.40. The van der Waals surface area contributed by atoms with E-state index in [-0.39, 0.29) is 0 Å². The average molecular weight is 282 g/mol. The summed E-state index contributed by atoms with van der Waals surface area (Å²) in [7, 11) is 0.971. The molecule has 0 amide bonds. The summed E-state index contributed by atoms with van der Waals surface area (Å²) in [5.41, 5.74) is 0.706. The first-order valence-electron chi connectivity index (χ1n) is 6.59. The molecule has 1 saturated carbocycles. The highest BCUT2D eigenvalue weighted by molar-refractivity contribution is 7.90. The Morgan fingerprint density at radius 3 is 2.47 bits per heavy atom. The van der Waals surface area contributed by atoms with Crippen molar-refractivity contribution in [3.05, 3.63) is 24.3 Å². The quantitative estimate of drug-likeness (QED) is 0.865. The Balaban J connectivity index is 2.11. The summed E-state index contributed by atoms with van der Waals surface area (Å²) in [4.78, 5) is 2.59. The third-order valence-electron chi connectivity index (χ3n) is 3.62. The van der Waals surface area contributed by atoms with E-state index < -0.39 is 9.84 Å². The molecule has 19 heavy (non-hydrogen) atoms. The summed E-state index contributed by atoms with van der Waals surface area (Å²) in [6.07, 6.45) is 3.80. The van der Waals surface area contributed by atoms with Crippen molar-refractivity contribution in [2.75, 3.05) is 32.2 Å². The number of nitrogens with one attached hydrogen (secondary N) is 1. The first-order chi connectivity index (χ1) is 8.89. The van der Waals surface area contributed by atoms with Gasteiger partial charge in [-0.1, -0.05) is 12.1 Å². The standard InChI is InChI=1S/C14H22N2O2S/c1-16(2)13(11-8-9-11)10-15-12-6-4-5-7-14(12)19(3,17)18/h4-7,11,13,15H,8-10H2,1-3H3. The number of hydrogen-bond acceptors (Lipinski definition) is 4. The van der Waals surface area contributed by atoms with Gasteiger partial charge in [0.05, 0.1) is 10.6 Å². The van der Waals surface area contributed by atoms with Crippen molar-refractivity contribution < 1.29 is 8.42 Å². The van der Waals surface area contributed by atoms with Gasteiger partial charge in [0.2, 0.25) is 0 Å². The zero-order valence-electron chi connectivity index (χ0n) is 11.8. The van der Waals surface area contributed by atoms with Crippen LogP contribution in [0.1, 0.15) is 12.8 Å². The number of rotatable bonds is 6. The Bertz CT molecular complexity index is 534. The maximum absolute atomic E-state index is 11.7. The lowest BCUT2D eigenvalue weighted by Crippen LogP contribution is -2.36. The normalized spacial score (nSPS) is 17.5. The van der Waals surface area contributed by atoms with Crippen molar-refractivity contribution in [3.8, 4) is 0 Å². The Labute approximate surface area is 115 Å². The molecular formula is C14H22N2O2S. The molecule has 0 aromatic heterocycles. The summed E-state index contributed by atoms with van der Waals surface area (Å²) < 4.78 is 23.5. The molecule has 106 valence electrons. The Morgan fingerprint density at radius 1 is 1.32 bits per heavy atom. The Hall–Kier alpha value is -1.07. The van der Waals surface area contributed by atoms with Gasteiger partial charge in [0, 0.05) is 18.8 Å². The third-order valence-corrected chi connectivity index (χ3v) is 4.77. The minimum absolute atomic E-state index is 0.378. The molecule has 1 atom stereocenters. The van der Waals surface area contributed by atoms with E-state index in [9.17, 15) is 8.42 Å². The minimum atomic E-state index is -3.18. The van der Waals surface area contributed by atoms with Gasteiger partial charge >= 0.3 is 0 Å². The van der Waals surface area contributed by atoms with Crippen LogP contribution in [-0.4, -0.2) is 46.3 Å². The largest absolute Gasteiger partial charge is 0.382 e. The monoisotopic (exact) mass is 282 g/mol. The molecule has 1 N–H and O–H groups in total. The van der Waals surface area contributed by atoms with Gasteiger partial charge in [0.15, 0.2) is 9.84 Å². The second-order valence-corrected chi connectivity index (χ2v) is 7.50. The van der Waals surface area contributed by atoms with Crippen LogP contribution in [0.25, 0.3) is 0 Å². The van der Waals surface area contributed by atoms with Crippen LogP contribution in [0.3, 0.4) is 0 Å². The van der Waals surface area contributed by atoms with Gasteiger partial charge in [-0.25, -0.2) is 8.42 Å². The Morgan fingerprint density at radius 2 is 1.95 bits per heavy atom. The number of benzene rings is 1. The zero-order valence-corrected chi connectivity index (χ0v) is 12.6. The van der Waals surface area contributed by atoms with Crippen LogP contribution in [0.2, 0.25) is 0 Å². The smallest absolute Gasteiger partial charge is 0.177 e. The summed E-state index contributed by atoms with van der Waals surface area (Å²) in [5.74, 6) is 0.743. The molecule has 1 aromatic carbocycles. The lowest BCUT2D eigenvalue weighted by atomic mass is 10.1. The van der Waals surface area contributed by atoms with Crippen LogP contribution in [0.5, 0.6) is 0 Å². The molecule has 0 heterocycles. The summed E-state index contributed by atoms with van der Waals surface area (Å²) in [6, 6.07) is 7.56. The molecule has 0 radical (unpaired) electrons. The molecule has 0 bridgehead atoms. The van der Waals surface area contributed by atoms with E-state index in [1.807, 2.05) is 12.1 Å². The van der Waals surface area contributed by atoms with E-state index in [0.29, 0.717) is 16.6 Å². The van der Waals surface area contributed by atoms with Gasteiger partial charge in [-0.3, -0.25) is 0 Å². The number of hydrogen-bond donors (Lipinski definition) is 1. The summed E-state index contributed by atoms with van der Waals surface area (Å²) in [6.45, 7) is 0.782. The fraction of sp³-hybridized carbons (Fsp3) is 0.571. The van der Waals surface area contributed by atoms with Gasteiger partial charge in [-0.15, -0.1) is 0 Å². The molecule has 2 rings (SSSR count). The van der Waals surface area contributed by atoms with E-state index in [0.717, 1.165) is 12.5 Å². The number of nitrogens with zero attached hydrogens (tertiary/aromatic N) is 1. The van der Waals surface area contributed by atoms with Crippen LogP contribution in [-0.2, 0) is 9.84 Å². The van der Waals surface area contributed by atoms with Crippen LogP contribution in [0.4, 0.5) is 5.69 Å². The minimum Gasteiger partial charge on any atom is -0.382 e. The van der Waals surface area contributed by atoms with E-state index in [1.165, 1.54) is 19.1 Å². The molecule has 1 aliphatic carbocycles. The molecule has 1 aliphatic rings. The van der Waals surface area contributed by atoms with E-state index in [2.05, 4.69) is 24.3 Å². The van der Waals surface area contributed by atoms with Crippen molar-refractivity contribution in [1.82, 2.24) is 4.90 Å². The maximum Gasteiger partial charge on any atom is 0.177 e. The van der Waals surface area contributed by atoms with Crippen molar-refractivity contribution in [2.24, 2.45) is 5.92 Å². The molecule has 4 nitrogen and oxygen atoms in total. The number of sulfone groups is 1. The first-order valence-corrected chi connectivity index (χ1v) is 8.48. The predicted octanol–water partition coefficient (Wildman–Crippen LogP) is 1.84. The van der Waals surface area contributed by atoms with Crippen molar-refractivity contribution in [3.63, 3.8) is 0 Å². The fourth-order valence-corrected chi connectivity index (χ4v) is 3.27. The van der Waals surface area contributed by atoms with Crippen LogP contribution in [0.15, 0.2) is 29.2 Å². The van der Waals surface area contributed by atoms with Gasteiger partial charge in [0.25, 0.3) is 0 Å². The molecule has 1 unspecified atom stereocenters. The van der Waals surface area contributed by atoms with E-state index in [1.54, 1.807) is 12.1 Å². The second kappa shape index (κ2) is 5.51. The maximum atomic E-state index is 11.7. The number of anilines is 1. The van der Waals surface area contributed by atoms with Gasteiger partial charge in [-0.05, 0) is 45.0 Å². The van der Waals surface area contributed by atoms with E-state index >= 15 is 0 Å². The molecule has 1 aromatic rings. The molecular weight excluding hydrogens is 260 g/mol. The van der Waals surface area contributed by atoms with E-state index in [4.69, 9.17) is 0 Å². The van der Waals surface area contributed by atoms with Crippen molar-refractivity contribution in [2.45, 2.75) is 23.8 Å². The topological polar surface area (TPSA) is 49.4 Å². The number of likely N-dealkylation sites (N-methyl/N-ethyl adjacent to an activating group) is 1. The highest BCUT2D eigenvalue weighted by Crippen LogP contribution is 2.35. The Kier molecular flexibility index (Phi) is 4.16. The highest BCUT2D eigenvalue weighted by atomic mass is 32.2. The van der Waals surface area contributed by atoms with Gasteiger partial charge < -0.3 is 10.2 Å². The summed E-state index contributed by atoms with van der Waals surface area (Å²) in [5, 5.41) is 3.30. The second-order valence-electron chi connectivity index (χ2n) is 5.52. The predicted molar refractivity (Wildman–Crippen MR) is 78.2 cm³/mol. The molecule has 0 saturated heterocycles. The zero-order chi connectivity index (χ0) is 14.0. The van der Waals surface area contributed by atoms with Crippen LogP contribution >= 0.6 is 0 Å². The molecule has 5 heteroatoms.